The van der Waals surface area contributed by atoms with E-state index in [2.05, 4.69) is 15.9 Å². The first kappa shape index (κ1) is 14.6. The number of allylic oxidation sites excluding steroid dienone is 2. The number of carbonyl (C=O) groups is 1. The summed E-state index contributed by atoms with van der Waals surface area (Å²) in [6, 6.07) is 7.83. The average Bonchev–Trinajstić information content (AvgIpc) is 2.35. The molecule has 0 aromatic heterocycles. The molecule has 90 valence electrons. The van der Waals surface area contributed by atoms with Crippen LogP contribution in [0.5, 0.6) is 0 Å². The summed E-state index contributed by atoms with van der Waals surface area (Å²) in [5.41, 5.74) is 1.02. The van der Waals surface area contributed by atoms with Crippen LogP contribution in [0.4, 0.5) is 0 Å². The largest absolute Gasteiger partial charge is 0.290 e. The molecule has 0 fully saturated rings. The Morgan fingerprint density at radius 1 is 1.18 bits per heavy atom. The summed E-state index contributed by atoms with van der Waals surface area (Å²) in [5.74, 6) is 0.0200. The molecule has 1 nitrogen and oxygen atoms in total. The maximum atomic E-state index is 11.6. The highest BCUT2D eigenvalue weighted by Crippen LogP contribution is 2.23. The van der Waals surface area contributed by atoms with Crippen molar-refractivity contribution < 1.29 is 4.79 Å². The lowest BCUT2D eigenvalue weighted by Crippen LogP contribution is -1.86. The Morgan fingerprint density at radius 3 is 2.29 bits per heavy atom. The number of carbonyl (C=O) groups excluding carboxylic acids is 1. The second-order valence-corrected chi connectivity index (χ2v) is 6.03. The number of benzene rings is 1. The van der Waals surface area contributed by atoms with Gasteiger partial charge in [0.15, 0.2) is 5.78 Å². The Labute approximate surface area is 119 Å². The Bertz CT molecular complexity index is 429. The van der Waals surface area contributed by atoms with E-state index in [1.807, 2.05) is 42.9 Å². The van der Waals surface area contributed by atoms with Gasteiger partial charge in [-0.3, -0.25) is 4.79 Å². The molecule has 0 bridgehead atoms. The topological polar surface area (TPSA) is 17.1 Å². The monoisotopic (exact) mass is 328 g/mol. The predicted octanol–water partition coefficient (Wildman–Crippen LogP) is 4.60. The summed E-state index contributed by atoms with van der Waals surface area (Å²) in [7, 11) is 0. The van der Waals surface area contributed by atoms with Crippen LogP contribution in [-0.2, 0) is 4.79 Å². The molecular weight excluding hydrogens is 316 g/mol. The van der Waals surface area contributed by atoms with Gasteiger partial charge >= 0.3 is 0 Å². The molecule has 0 amide bonds. The first-order chi connectivity index (χ1) is 8.15. The number of halogens is 1. The standard InChI is InChI=1S/C13H13BrOS2/c1-16-13(17-2)9-12(15)8-5-10-3-6-11(14)7-4-10/h3-9H,1-2H3/b8-5+. The van der Waals surface area contributed by atoms with Crippen molar-refractivity contribution in [2.24, 2.45) is 0 Å². The molecule has 0 heterocycles. The molecule has 0 unspecified atom stereocenters. The third kappa shape index (κ3) is 5.61. The molecule has 1 aromatic rings. The fraction of sp³-hybridized carbons (Fsp3) is 0.154. The smallest absolute Gasteiger partial charge is 0.180 e. The van der Waals surface area contributed by atoms with E-state index in [9.17, 15) is 4.79 Å². The third-order valence-electron chi connectivity index (χ3n) is 1.97. The van der Waals surface area contributed by atoms with Crippen molar-refractivity contribution in [3.8, 4) is 0 Å². The molecule has 17 heavy (non-hydrogen) atoms. The lowest BCUT2D eigenvalue weighted by Gasteiger charge is -1.96. The van der Waals surface area contributed by atoms with E-state index < -0.39 is 0 Å². The summed E-state index contributed by atoms with van der Waals surface area (Å²) in [4.78, 5) is 11.6. The first-order valence-electron chi connectivity index (χ1n) is 4.93. The van der Waals surface area contributed by atoms with Crippen LogP contribution in [0.3, 0.4) is 0 Å². The van der Waals surface area contributed by atoms with Crippen LogP contribution in [0.15, 0.2) is 45.1 Å². The maximum absolute atomic E-state index is 11.6. The normalized spacial score (nSPS) is 10.5. The predicted molar refractivity (Wildman–Crippen MR) is 83.3 cm³/mol. The van der Waals surface area contributed by atoms with Gasteiger partial charge in [0.05, 0.1) is 0 Å². The molecule has 0 atom stereocenters. The highest BCUT2D eigenvalue weighted by molar-refractivity contribution is 9.10. The van der Waals surface area contributed by atoms with Crippen LogP contribution in [0.2, 0.25) is 0 Å². The molecule has 4 heteroatoms. The third-order valence-corrected chi connectivity index (χ3v) is 4.54. The van der Waals surface area contributed by atoms with Crippen molar-refractivity contribution in [1.29, 1.82) is 0 Å². The van der Waals surface area contributed by atoms with Gasteiger partial charge in [0.1, 0.15) is 0 Å². The van der Waals surface area contributed by atoms with E-state index in [-0.39, 0.29) is 5.78 Å². The van der Waals surface area contributed by atoms with Gasteiger partial charge in [-0.15, -0.1) is 23.5 Å². The van der Waals surface area contributed by atoms with E-state index in [0.29, 0.717) is 0 Å². The van der Waals surface area contributed by atoms with E-state index in [4.69, 9.17) is 0 Å². The van der Waals surface area contributed by atoms with Gasteiger partial charge in [-0.2, -0.15) is 0 Å². The fourth-order valence-electron chi connectivity index (χ4n) is 1.12. The Balaban J connectivity index is 2.68. The van der Waals surface area contributed by atoms with Crippen LogP contribution < -0.4 is 0 Å². The molecule has 1 rings (SSSR count). The van der Waals surface area contributed by atoms with Gasteiger partial charge in [-0.1, -0.05) is 34.1 Å². The van der Waals surface area contributed by atoms with Gasteiger partial charge in [-0.05, 0) is 36.3 Å². The van der Waals surface area contributed by atoms with Crippen molar-refractivity contribution in [3.05, 3.63) is 50.7 Å². The van der Waals surface area contributed by atoms with E-state index in [0.717, 1.165) is 14.3 Å². The number of hydrogen-bond donors (Lipinski definition) is 0. The van der Waals surface area contributed by atoms with E-state index in [1.165, 1.54) is 0 Å². The van der Waals surface area contributed by atoms with Gasteiger partial charge in [0, 0.05) is 14.8 Å². The molecule has 0 aliphatic rings. The molecule has 0 saturated heterocycles. The van der Waals surface area contributed by atoms with Crippen molar-refractivity contribution >= 4 is 51.3 Å². The molecule has 0 aliphatic heterocycles. The summed E-state index contributed by atoms with van der Waals surface area (Å²) >= 11 is 6.54. The quantitative estimate of drug-likeness (QED) is 0.735. The first-order valence-corrected chi connectivity index (χ1v) is 8.17. The number of rotatable bonds is 5. The summed E-state index contributed by atoms with van der Waals surface area (Å²) in [5, 5.41) is 0. The second-order valence-electron chi connectivity index (χ2n) is 3.16. The van der Waals surface area contributed by atoms with Gasteiger partial charge < -0.3 is 0 Å². The van der Waals surface area contributed by atoms with Gasteiger partial charge in [0.25, 0.3) is 0 Å². The molecule has 1 aromatic carbocycles. The van der Waals surface area contributed by atoms with Crippen molar-refractivity contribution in [1.82, 2.24) is 0 Å². The zero-order valence-corrected chi connectivity index (χ0v) is 12.9. The minimum Gasteiger partial charge on any atom is -0.290 e. The van der Waals surface area contributed by atoms with Gasteiger partial charge in [-0.25, -0.2) is 0 Å². The molecule has 0 N–H and O–H groups in total. The Kier molecular flexibility index (Phi) is 6.70. The SMILES string of the molecule is CSC(=CC(=O)/C=C/c1ccc(Br)cc1)SC. The average molecular weight is 329 g/mol. The molecule has 0 aliphatic carbocycles. The second kappa shape index (κ2) is 7.80. The highest BCUT2D eigenvalue weighted by atomic mass is 79.9. The zero-order chi connectivity index (χ0) is 12.7. The minimum absolute atomic E-state index is 0.0200. The molecule has 0 saturated carbocycles. The number of thioether (sulfide) groups is 2. The van der Waals surface area contributed by atoms with Gasteiger partial charge in [0.2, 0.25) is 0 Å². The van der Waals surface area contributed by atoms with Crippen LogP contribution in [0.1, 0.15) is 5.56 Å². The van der Waals surface area contributed by atoms with Crippen molar-refractivity contribution in [2.75, 3.05) is 12.5 Å². The van der Waals surface area contributed by atoms with Crippen LogP contribution in [0.25, 0.3) is 6.08 Å². The lowest BCUT2D eigenvalue weighted by atomic mass is 10.2. The maximum Gasteiger partial charge on any atom is 0.180 e. The summed E-state index contributed by atoms with van der Waals surface area (Å²) in [6.45, 7) is 0. The number of ketones is 1. The fourth-order valence-corrected chi connectivity index (χ4v) is 2.52. The lowest BCUT2D eigenvalue weighted by molar-refractivity contribution is -0.110. The van der Waals surface area contributed by atoms with Crippen LogP contribution >= 0.6 is 39.5 Å². The van der Waals surface area contributed by atoms with E-state index in [1.54, 1.807) is 35.7 Å². The molecule has 0 spiro atoms. The van der Waals surface area contributed by atoms with Crippen molar-refractivity contribution in [2.45, 2.75) is 0 Å². The summed E-state index contributed by atoms with van der Waals surface area (Å²) < 4.78 is 2.06. The summed E-state index contributed by atoms with van der Waals surface area (Å²) in [6.07, 6.45) is 9.01. The molecule has 0 radical (unpaired) electrons. The Morgan fingerprint density at radius 2 is 1.76 bits per heavy atom. The number of hydrogen-bond acceptors (Lipinski definition) is 3. The van der Waals surface area contributed by atoms with Crippen molar-refractivity contribution in [3.63, 3.8) is 0 Å². The molecular formula is C13H13BrOS2. The zero-order valence-electron chi connectivity index (χ0n) is 9.64. The van der Waals surface area contributed by atoms with E-state index >= 15 is 0 Å². The Hall–Kier alpha value is -0.450. The van der Waals surface area contributed by atoms with Crippen LogP contribution in [0, 0.1) is 0 Å². The highest BCUT2D eigenvalue weighted by Gasteiger charge is 1.96. The van der Waals surface area contributed by atoms with Crippen LogP contribution in [-0.4, -0.2) is 18.3 Å². The minimum atomic E-state index is 0.0200.